The number of halogens is 2. The molecule has 4 heteroatoms. The van der Waals surface area contributed by atoms with E-state index in [1.165, 1.54) is 5.56 Å². The van der Waals surface area contributed by atoms with Crippen LogP contribution in [0.4, 0.5) is 0 Å². The van der Waals surface area contributed by atoms with Crippen LogP contribution in [0.15, 0.2) is 46.9 Å². The number of hydrogen-bond acceptors (Lipinski definition) is 2. The Kier molecular flexibility index (Phi) is 3.72. The first-order valence-electron chi connectivity index (χ1n) is 6.40. The lowest BCUT2D eigenvalue weighted by molar-refractivity contribution is 1.14. The van der Waals surface area contributed by atoms with Gasteiger partial charge in [-0.1, -0.05) is 48.9 Å². The van der Waals surface area contributed by atoms with Gasteiger partial charge in [0.25, 0.3) is 0 Å². The van der Waals surface area contributed by atoms with Crippen LogP contribution in [0.1, 0.15) is 12.5 Å². The van der Waals surface area contributed by atoms with E-state index in [4.69, 9.17) is 11.6 Å². The molecule has 0 saturated heterocycles. The van der Waals surface area contributed by atoms with E-state index in [1.807, 2.05) is 30.3 Å². The van der Waals surface area contributed by atoms with Crippen LogP contribution in [0, 0.1) is 0 Å². The van der Waals surface area contributed by atoms with Gasteiger partial charge in [0.1, 0.15) is 5.15 Å². The number of aromatic nitrogens is 2. The SMILES string of the molecule is CCc1ccc(-c2nc(Cl)c3cccc(Br)c3n2)cc1. The number of aryl methyl sites for hydroxylation is 1. The summed E-state index contributed by atoms with van der Waals surface area (Å²) in [6.07, 6.45) is 1.02. The van der Waals surface area contributed by atoms with Crippen molar-refractivity contribution in [2.45, 2.75) is 13.3 Å². The smallest absolute Gasteiger partial charge is 0.161 e. The van der Waals surface area contributed by atoms with E-state index in [0.29, 0.717) is 11.0 Å². The minimum atomic E-state index is 0.478. The highest BCUT2D eigenvalue weighted by Gasteiger charge is 2.09. The second-order valence-electron chi connectivity index (χ2n) is 4.52. The highest BCUT2D eigenvalue weighted by molar-refractivity contribution is 9.10. The highest BCUT2D eigenvalue weighted by Crippen LogP contribution is 2.29. The zero-order valence-corrected chi connectivity index (χ0v) is 13.2. The molecule has 3 rings (SSSR count). The van der Waals surface area contributed by atoms with Gasteiger partial charge >= 0.3 is 0 Å². The fourth-order valence-electron chi connectivity index (χ4n) is 2.10. The third-order valence-electron chi connectivity index (χ3n) is 3.25. The second kappa shape index (κ2) is 5.51. The first-order valence-corrected chi connectivity index (χ1v) is 7.57. The molecule has 0 saturated carbocycles. The van der Waals surface area contributed by atoms with Crippen LogP contribution in [-0.2, 0) is 6.42 Å². The van der Waals surface area contributed by atoms with Gasteiger partial charge in [-0.15, -0.1) is 0 Å². The maximum absolute atomic E-state index is 6.27. The van der Waals surface area contributed by atoms with Gasteiger partial charge in [-0.3, -0.25) is 0 Å². The largest absolute Gasteiger partial charge is 0.227 e. The van der Waals surface area contributed by atoms with Crippen molar-refractivity contribution >= 4 is 38.4 Å². The Balaban J connectivity index is 2.18. The Morgan fingerprint density at radius 3 is 2.50 bits per heavy atom. The van der Waals surface area contributed by atoms with Crippen molar-refractivity contribution in [2.75, 3.05) is 0 Å². The van der Waals surface area contributed by atoms with E-state index in [-0.39, 0.29) is 0 Å². The van der Waals surface area contributed by atoms with Crippen molar-refractivity contribution in [1.82, 2.24) is 9.97 Å². The van der Waals surface area contributed by atoms with Crippen molar-refractivity contribution in [3.8, 4) is 11.4 Å². The molecule has 20 heavy (non-hydrogen) atoms. The topological polar surface area (TPSA) is 25.8 Å². The molecule has 1 aromatic heterocycles. The zero-order chi connectivity index (χ0) is 14.1. The Morgan fingerprint density at radius 1 is 1.05 bits per heavy atom. The van der Waals surface area contributed by atoms with Crippen LogP contribution in [0.25, 0.3) is 22.3 Å². The molecule has 1 heterocycles. The lowest BCUT2D eigenvalue weighted by Crippen LogP contribution is -1.93. The molecule has 0 atom stereocenters. The van der Waals surface area contributed by atoms with Gasteiger partial charge in [-0.2, -0.15) is 0 Å². The monoisotopic (exact) mass is 346 g/mol. The summed E-state index contributed by atoms with van der Waals surface area (Å²) >= 11 is 9.78. The molecule has 0 aliphatic rings. The van der Waals surface area contributed by atoms with Gasteiger partial charge in [-0.05, 0) is 40.0 Å². The quantitative estimate of drug-likeness (QED) is 0.590. The fourth-order valence-corrected chi connectivity index (χ4v) is 2.79. The average molecular weight is 348 g/mol. The highest BCUT2D eigenvalue weighted by atomic mass is 79.9. The molecular weight excluding hydrogens is 336 g/mol. The predicted molar refractivity (Wildman–Crippen MR) is 87.1 cm³/mol. The molecule has 0 aliphatic carbocycles. The standard InChI is InChI=1S/C16H12BrClN2/c1-2-10-6-8-11(9-7-10)16-19-14-12(15(18)20-16)4-3-5-13(14)17/h3-9H,2H2,1H3. The normalized spacial score (nSPS) is 10.9. The van der Waals surface area contributed by atoms with Crippen LogP contribution >= 0.6 is 27.5 Å². The maximum atomic E-state index is 6.27. The van der Waals surface area contributed by atoms with E-state index >= 15 is 0 Å². The molecule has 0 aliphatic heterocycles. The molecule has 2 aromatic carbocycles. The van der Waals surface area contributed by atoms with Crippen LogP contribution in [-0.4, -0.2) is 9.97 Å². The van der Waals surface area contributed by atoms with Crippen LogP contribution in [0.5, 0.6) is 0 Å². The summed E-state index contributed by atoms with van der Waals surface area (Å²) in [7, 11) is 0. The molecule has 0 spiro atoms. The Bertz CT molecular complexity index is 769. The van der Waals surface area contributed by atoms with Gasteiger partial charge in [0.2, 0.25) is 0 Å². The minimum absolute atomic E-state index is 0.478. The Morgan fingerprint density at radius 2 is 1.80 bits per heavy atom. The predicted octanol–water partition coefficient (Wildman–Crippen LogP) is 5.28. The molecule has 2 nitrogen and oxygen atoms in total. The van der Waals surface area contributed by atoms with E-state index in [9.17, 15) is 0 Å². The summed E-state index contributed by atoms with van der Waals surface area (Å²) < 4.78 is 0.922. The Labute approximate surface area is 131 Å². The van der Waals surface area contributed by atoms with E-state index in [2.05, 4.69) is 45.0 Å². The summed E-state index contributed by atoms with van der Waals surface area (Å²) in [6.45, 7) is 2.13. The second-order valence-corrected chi connectivity index (χ2v) is 5.74. The number of fused-ring (bicyclic) bond motifs is 1. The van der Waals surface area contributed by atoms with Crippen LogP contribution < -0.4 is 0 Å². The van der Waals surface area contributed by atoms with Crippen molar-refractivity contribution < 1.29 is 0 Å². The third kappa shape index (κ3) is 2.43. The maximum Gasteiger partial charge on any atom is 0.161 e. The molecule has 0 bridgehead atoms. The lowest BCUT2D eigenvalue weighted by atomic mass is 10.1. The molecular formula is C16H12BrClN2. The summed E-state index contributed by atoms with van der Waals surface area (Å²) in [6, 6.07) is 14.1. The Hall–Kier alpha value is -1.45. The van der Waals surface area contributed by atoms with Gasteiger partial charge in [0.15, 0.2) is 5.82 Å². The first-order chi connectivity index (χ1) is 9.69. The third-order valence-corrected chi connectivity index (χ3v) is 4.18. The van der Waals surface area contributed by atoms with Crippen LogP contribution in [0.2, 0.25) is 5.15 Å². The van der Waals surface area contributed by atoms with E-state index < -0.39 is 0 Å². The van der Waals surface area contributed by atoms with Crippen molar-refractivity contribution in [2.24, 2.45) is 0 Å². The summed E-state index contributed by atoms with van der Waals surface area (Å²) in [4.78, 5) is 9.02. The number of benzene rings is 2. The van der Waals surface area contributed by atoms with Gasteiger partial charge in [-0.25, -0.2) is 9.97 Å². The van der Waals surface area contributed by atoms with Gasteiger partial charge < -0.3 is 0 Å². The summed E-state index contributed by atoms with van der Waals surface area (Å²) in [5.74, 6) is 0.650. The lowest BCUT2D eigenvalue weighted by Gasteiger charge is -2.06. The first kappa shape index (κ1) is 13.5. The molecule has 0 unspecified atom stereocenters. The molecule has 0 fully saturated rings. The van der Waals surface area contributed by atoms with E-state index in [1.54, 1.807) is 0 Å². The zero-order valence-electron chi connectivity index (χ0n) is 10.9. The number of para-hydroxylation sites is 1. The number of hydrogen-bond donors (Lipinski definition) is 0. The van der Waals surface area contributed by atoms with Crippen molar-refractivity contribution in [3.63, 3.8) is 0 Å². The molecule has 0 N–H and O–H groups in total. The van der Waals surface area contributed by atoms with Gasteiger partial charge in [0.05, 0.1) is 5.52 Å². The van der Waals surface area contributed by atoms with Crippen molar-refractivity contribution in [1.29, 1.82) is 0 Å². The summed E-state index contributed by atoms with van der Waals surface area (Å²) in [5, 5.41) is 1.33. The van der Waals surface area contributed by atoms with Gasteiger partial charge in [0, 0.05) is 15.4 Å². The number of rotatable bonds is 2. The van der Waals surface area contributed by atoms with Crippen LogP contribution in [0.3, 0.4) is 0 Å². The minimum Gasteiger partial charge on any atom is -0.227 e. The molecule has 100 valence electrons. The summed E-state index contributed by atoms with van der Waals surface area (Å²) in [5.41, 5.74) is 3.10. The van der Waals surface area contributed by atoms with E-state index in [0.717, 1.165) is 27.4 Å². The molecule has 3 aromatic rings. The van der Waals surface area contributed by atoms with Crippen molar-refractivity contribution in [3.05, 3.63) is 57.7 Å². The molecule has 0 radical (unpaired) electrons. The fraction of sp³-hybridized carbons (Fsp3) is 0.125. The number of nitrogens with zero attached hydrogens (tertiary/aromatic N) is 2. The average Bonchev–Trinajstić information content (AvgIpc) is 2.48. The molecule has 0 amide bonds.